The van der Waals surface area contributed by atoms with E-state index < -0.39 is 0 Å². The number of likely N-dealkylation sites (N-methyl/N-ethyl adjacent to an activating group) is 1. The third-order valence-electron chi connectivity index (χ3n) is 4.07. The van der Waals surface area contributed by atoms with Crippen molar-refractivity contribution in [1.29, 1.82) is 0 Å². The molecule has 2 N–H and O–H groups in total. The molecular formula is C19H22N4O2S. The predicted molar refractivity (Wildman–Crippen MR) is 104 cm³/mol. The predicted octanol–water partition coefficient (Wildman–Crippen LogP) is 2.63. The molecule has 0 bridgehead atoms. The van der Waals surface area contributed by atoms with Crippen LogP contribution in [-0.2, 0) is 11.3 Å². The summed E-state index contributed by atoms with van der Waals surface area (Å²) in [6, 6.07) is 10.2. The number of hydrogen-bond acceptors (Lipinski definition) is 4. The summed E-state index contributed by atoms with van der Waals surface area (Å²) in [6.45, 7) is 7.03. The number of carbonyl (C=O) groups is 2. The van der Waals surface area contributed by atoms with E-state index >= 15 is 0 Å². The van der Waals surface area contributed by atoms with Crippen LogP contribution in [0, 0.1) is 13.8 Å². The molecule has 26 heavy (non-hydrogen) atoms. The topological polar surface area (TPSA) is 76.0 Å². The maximum Gasteiger partial charge on any atom is 0.261 e. The molecule has 0 spiro atoms. The van der Waals surface area contributed by atoms with E-state index in [4.69, 9.17) is 0 Å². The Labute approximate surface area is 156 Å². The van der Waals surface area contributed by atoms with Crippen LogP contribution in [0.4, 0.5) is 0 Å². The van der Waals surface area contributed by atoms with Crippen LogP contribution in [0.5, 0.6) is 0 Å². The van der Waals surface area contributed by atoms with E-state index in [2.05, 4.69) is 46.9 Å². The van der Waals surface area contributed by atoms with Crippen LogP contribution in [0.25, 0.3) is 10.2 Å². The Morgan fingerprint density at radius 2 is 1.88 bits per heavy atom. The largest absolute Gasteiger partial charge is 0.355 e. The number of amides is 2. The Bertz CT molecular complexity index is 941. The standard InChI is InChI=1S/C19H22N4O2S/c1-4-20-17(24)10-21-18(25)16-9-15-13(3)22-23(19(15)26-16)11-14-7-5-12(2)6-8-14/h5-9H,4,10-11H2,1-3H3,(H,20,24)(H,21,25). The number of fused-ring (bicyclic) bond motifs is 1. The van der Waals surface area contributed by atoms with E-state index in [-0.39, 0.29) is 18.4 Å². The number of benzene rings is 1. The van der Waals surface area contributed by atoms with Crippen LogP contribution < -0.4 is 10.6 Å². The molecule has 6 nitrogen and oxygen atoms in total. The lowest BCUT2D eigenvalue weighted by atomic mass is 10.1. The molecule has 3 rings (SSSR count). The first-order chi connectivity index (χ1) is 12.5. The van der Waals surface area contributed by atoms with Gasteiger partial charge in [-0.25, -0.2) is 0 Å². The molecule has 0 aliphatic heterocycles. The summed E-state index contributed by atoms with van der Waals surface area (Å²) in [5.41, 5.74) is 3.28. The molecule has 3 aromatic rings. The van der Waals surface area contributed by atoms with E-state index in [1.165, 1.54) is 16.9 Å². The number of hydrogen-bond donors (Lipinski definition) is 2. The molecule has 0 unspecified atom stereocenters. The molecule has 0 saturated carbocycles. The van der Waals surface area contributed by atoms with Gasteiger partial charge in [-0.2, -0.15) is 5.10 Å². The molecule has 7 heteroatoms. The van der Waals surface area contributed by atoms with Gasteiger partial charge in [-0.1, -0.05) is 29.8 Å². The third kappa shape index (κ3) is 3.94. The first kappa shape index (κ1) is 18.1. The summed E-state index contributed by atoms with van der Waals surface area (Å²) in [6.07, 6.45) is 0. The Balaban J connectivity index is 1.79. The van der Waals surface area contributed by atoms with Gasteiger partial charge in [-0.05, 0) is 32.4 Å². The van der Waals surface area contributed by atoms with Crippen LogP contribution in [0.1, 0.15) is 33.4 Å². The maximum atomic E-state index is 12.3. The summed E-state index contributed by atoms with van der Waals surface area (Å²) < 4.78 is 1.93. The molecule has 0 aliphatic rings. The van der Waals surface area contributed by atoms with Crippen molar-refractivity contribution in [3.63, 3.8) is 0 Å². The normalized spacial score (nSPS) is 10.9. The maximum absolute atomic E-state index is 12.3. The summed E-state index contributed by atoms with van der Waals surface area (Å²) in [7, 11) is 0. The number of nitrogens with zero attached hydrogens (tertiary/aromatic N) is 2. The fraction of sp³-hybridized carbons (Fsp3) is 0.316. The van der Waals surface area contributed by atoms with Crippen molar-refractivity contribution in [3.8, 4) is 0 Å². The van der Waals surface area contributed by atoms with Crippen LogP contribution in [0.3, 0.4) is 0 Å². The first-order valence-electron chi connectivity index (χ1n) is 8.55. The zero-order chi connectivity index (χ0) is 18.7. The molecule has 1 aromatic carbocycles. The van der Waals surface area contributed by atoms with Gasteiger partial charge in [-0.15, -0.1) is 11.3 Å². The number of thiophene rings is 1. The molecule has 0 atom stereocenters. The minimum atomic E-state index is -0.237. The Hall–Kier alpha value is -2.67. The summed E-state index contributed by atoms with van der Waals surface area (Å²) in [5.74, 6) is -0.428. The second-order valence-corrected chi connectivity index (χ2v) is 7.22. The number of rotatable bonds is 6. The quantitative estimate of drug-likeness (QED) is 0.700. The lowest BCUT2D eigenvalue weighted by molar-refractivity contribution is -0.120. The molecule has 2 heterocycles. The Kier molecular flexibility index (Phi) is 5.37. The summed E-state index contributed by atoms with van der Waals surface area (Å²) in [5, 5.41) is 10.9. The van der Waals surface area contributed by atoms with Crippen molar-refractivity contribution in [2.24, 2.45) is 0 Å². The SMILES string of the molecule is CCNC(=O)CNC(=O)c1cc2c(C)nn(Cc3ccc(C)cc3)c2s1. The van der Waals surface area contributed by atoms with Gasteiger partial charge >= 0.3 is 0 Å². The average molecular weight is 370 g/mol. The molecule has 0 fully saturated rings. The van der Waals surface area contributed by atoms with Gasteiger partial charge in [0.05, 0.1) is 23.7 Å². The van der Waals surface area contributed by atoms with Gasteiger partial charge in [-0.3, -0.25) is 14.3 Å². The first-order valence-corrected chi connectivity index (χ1v) is 9.37. The van der Waals surface area contributed by atoms with Crippen molar-refractivity contribution < 1.29 is 9.59 Å². The highest BCUT2D eigenvalue weighted by Crippen LogP contribution is 2.28. The fourth-order valence-corrected chi connectivity index (χ4v) is 3.78. The molecule has 2 aromatic heterocycles. The molecule has 0 aliphatic carbocycles. The third-order valence-corrected chi connectivity index (χ3v) is 5.21. The van der Waals surface area contributed by atoms with Crippen molar-refractivity contribution in [2.45, 2.75) is 27.3 Å². The highest BCUT2D eigenvalue weighted by molar-refractivity contribution is 7.20. The number of aryl methyl sites for hydroxylation is 2. The summed E-state index contributed by atoms with van der Waals surface area (Å²) in [4.78, 5) is 25.4. The number of nitrogens with one attached hydrogen (secondary N) is 2. The van der Waals surface area contributed by atoms with Crippen LogP contribution in [0.15, 0.2) is 30.3 Å². The highest BCUT2D eigenvalue weighted by atomic mass is 32.1. The van der Waals surface area contributed by atoms with Crippen molar-refractivity contribution in [2.75, 3.05) is 13.1 Å². The van der Waals surface area contributed by atoms with Crippen molar-refractivity contribution in [1.82, 2.24) is 20.4 Å². The van der Waals surface area contributed by atoms with E-state index in [1.54, 1.807) is 0 Å². The minimum Gasteiger partial charge on any atom is -0.355 e. The lowest BCUT2D eigenvalue weighted by Gasteiger charge is -2.04. The van der Waals surface area contributed by atoms with Crippen molar-refractivity contribution >= 4 is 33.4 Å². The zero-order valence-corrected chi connectivity index (χ0v) is 15.9. The monoisotopic (exact) mass is 370 g/mol. The van der Waals surface area contributed by atoms with Gasteiger partial charge in [0.15, 0.2) is 0 Å². The average Bonchev–Trinajstić information content (AvgIpc) is 3.17. The van der Waals surface area contributed by atoms with Gasteiger partial charge in [0, 0.05) is 11.9 Å². The van der Waals surface area contributed by atoms with E-state index in [0.29, 0.717) is 18.0 Å². The van der Waals surface area contributed by atoms with E-state index in [0.717, 1.165) is 21.5 Å². The van der Waals surface area contributed by atoms with E-state index in [9.17, 15) is 9.59 Å². The highest BCUT2D eigenvalue weighted by Gasteiger charge is 2.17. The molecular weight excluding hydrogens is 348 g/mol. The van der Waals surface area contributed by atoms with Crippen LogP contribution in [0.2, 0.25) is 0 Å². The Morgan fingerprint density at radius 3 is 2.58 bits per heavy atom. The second-order valence-electron chi connectivity index (χ2n) is 6.19. The van der Waals surface area contributed by atoms with E-state index in [1.807, 2.05) is 24.6 Å². The van der Waals surface area contributed by atoms with Gasteiger partial charge < -0.3 is 10.6 Å². The number of aromatic nitrogens is 2. The fourth-order valence-electron chi connectivity index (χ4n) is 2.71. The lowest BCUT2D eigenvalue weighted by Crippen LogP contribution is -2.36. The van der Waals surface area contributed by atoms with Gasteiger partial charge in [0.1, 0.15) is 4.83 Å². The van der Waals surface area contributed by atoms with Crippen LogP contribution in [-0.4, -0.2) is 34.7 Å². The van der Waals surface area contributed by atoms with Gasteiger partial charge in [0.25, 0.3) is 5.91 Å². The Morgan fingerprint density at radius 1 is 1.15 bits per heavy atom. The number of carbonyl (C=O) groups excluding carboxylic acids is 2. The smallest absolute Gasteiger partial charge is 0.261 e. The molecule has 0 radical (unpaired) electrons. The zero-order valence-electron chi connectivity index (χ0n) is 15.1. The summed E-state index contributed by atoms with van der Waals surface area (Å²) >= 11 is 1.40. The molecule has 2 amide bonds. The molecule has 136 valence electrons. The molecule has 0 saturated heterocycles. The minimum absolute atomic E-state index is 0.0185. The second kappa shape index (κ2) is 7.70. The van der Waals surface area contributed by atoms with Crippen LogP contribution >= 0.6 is 11.3 Å². The van der Waals surface area contributed by atoms with Crippen molar-refractivity contribution in [3.05, 3.63) is 52.0 Å². The van der Waals surface area contributed by atoms with Gasteiger partial charge in [0.2, 0.25) is 5.91 Å².